The van der Waals surface area contributed by atoms with Crippen LogP contribution in [0.3, 0.4) is 0 Å². The van der Waals surface area contributed by atoms with Gasteiger partial charge in [0.05, 0.1) is 0 Å². The van der Waals surface area contributed by atoms with Gasteiger partial charge in [-0.1, -0.05) is 26.2 Å². The average Bonchev–Trinajstić information content (AvgIpc) is 2.33. The number of unbranched alkanes of at least 4 members (excludes halogenated alkanes) is 1. The van der Waals surface area contributed by atoms with Crippen LogP contribution >= 0.6 is 7.60 Å². The minimum absolute atomic E-state index is 0.000872. The second kappa shape index (κ2) is 7.23. The molecule has 8 heteroatoms. The van der Waals surface area contributed by atoms with Crippen molar-refractivity contribution in [3.05, 3.63) is 0 Å². The van der Waals surface area contributed by atoms with Gasteiger partial charge in [-0.05, 0) is 19.3 Å². The van der Waals surface area contributed by atoms with Crippen molar-refractivity contribution >= 4 is 7.60 Å². The number of alkyl halides is 4. The van der Waals surface area contributed by atoms with Gasteiger partial charge in [-0.3, -0.25) is 0 Å². The van der Waals surface area contributed by atoms with Crippen molar-refractivity contribution < 1.29 is 31.5 Å². The Kier molecular flexibility index (Phi) is 6.48. The van der Waals surface area contributed by atoms with Crippen LogP contribution in [0.2, 0.25) is 0 Å². The molecule has 20 heavy (non-hydrogen) atoms. The lowest BCUT2D eigenvalue weighted by Crippen LogP contribution is -2.44. The van der Waals surface area contributed by atoms with Gasteiger partial charge in [0.1, 0.15) is 13.8 Å². The van der Waals surface area contributed by atoms with E-state index < -0.39 is 38.1 Å². The topological polar surface area (TPSA) is 49.4 Å². The molecule has 1 fully saturated rings. The van der Waals surface area contributed by atoms with Gasteiger partial charge in [0, 0.05) is 12.1 Å². The lowest BCUT2D eigenvalue weighted by atomic mass is 9.83. The minimum atomic E-state index is -4.88. The van der Waals surface area contributed by atoms with Crippen LogP contribution in [0.5, 0.6) is 0 Å². The number of rotatable bonds is 6. The van der Waals surface area contributed by atoms with Crippen molar-refractivity contribution in [1.82, 2.24) is 0 Å². The van der Waals surface area contributed by atoms with Crippen LogP contribution in [0.15, 0.2) is 0 Å². The highest BCUT2D eigenvalue weighted by Gasteiger charge is 2.50. The smallest absolute Gasteiger partial charge is 0.415 e. The molecule has 4 atom stereocenters. The van der Waals surface area contributed by atoms with E-state index in [1.54, 1.807) is 6.92 Å². The van der Waals surface area contributed by atoms with E-state index in [0.717, 1.165) is 0 Å². The Morgan fingerprint density at radius 1 is 1.35 bits per heavy atom. The molecule has 0 N–H and O–H groups in total. The first kappa shape index (κ1) is 17.9. The zero-order valence-corrected chi connectivity index (χ0v) is 12.3. The standard InChI is InChI=1S/C12H21F4O3P/c1-2-3-8-20(17,18)19-11(12(14,15)16)9-6-4-5-7-10(9)13/h9-11H,2-8H2,1H3,(H,17,18)/p-1. The first-order valence-corrected chi connectivity index (χ1v) is 8.59. The summed E-state index contributed by atoms with van der Waals surface area (Å²) in [5.41, 5.74) is 0. The Bertz CT molecular complexity index is 348. The van der Waals surface area contributed by atoms with E-state index in [0.29, 0.717) is 19.3 Å². The molecule has 0 saturated heterocycles. The summed E-state index contributed by atoms with van der Waals surface area (Å²) in [6, 6.07) is 0. The van der Waals surface area contributed by atoms with Crippen molar-refractivity contribution in [1.29, 1.82) is 0 Å². The van der Waals surface area contributed by atoms with Gasteiger partial charge in [0.25, 0.3) is 0 Å². The Hall–Kier alpha value is -0.130. The molecule has 0 aromatic heterocycles. The molecule has 3 nitrogen and oxygen atoms in total. The number of hydrogen-bond acceptors (Lipinski definition) is 3. The largest absolute Gasteiger partial charge is 0.778 e. The molecule has 0 amide bonds. The second-order valence-electron chi connectivity index (χ2n) is 5.22. The van der Waals surface area contributed by atoms with Gasteiger partial charge in [-0.2, -0.15) is 13.2 Å². The fourth-order valence-corrected chi connectivity index (χ4v) is 3.84. The Morgan fingerprint density at radius 2 is 1.95 bits per heavy atom. The van der Waals surface area contributed by atoms with Crippen molar-refractivity contribution in [3.8, 4) is 0 Å². The van der Waals surface area contributed by atoms with E-state index in [2.05, 4.69) is 4.52 Å². The predicted octanol–water partition coefficient (Wildman–Crippen LogP) is 3.82. The third kappa shape index (κ3) is 5.34. The first-order chi connectivity index (χ1) is 9.17. The first-order valence-electron chi connectivity index (χ1n) is 6.86. The monoisotopic (exact) mass is 319 g/mol. The van der Waals surface area contributed by atoms with Gasteiger partial charge in [-0.25, -0.2) is 4.39 Å². The van der Waals surface area contributed by atoms with Crippen LogP contribution in [0.25, 0.3) is 0 Å². The molecule has 0 aromatic carbocycles. The van der Waals surface area contributed by atoms with E-state index in [1.807, 2.05) is 0 Å². The summed E-state index contributed by atoms with van der Waals surface area (Å²) in [5, 5.41) is 0. The van der Waals surface area contributed by atoms with Gasteiger partial charge in [-0.15, -0.1) is 0 Å². The van der Waals surface area contributed by atoms with Gasteiger partial charge in [0.2, 0.25) is 0 Å². The third-order valence-corrected chi connectivity index (χ3v) is 4.92. The highest BCUT2D eigenvalue weighted by atomic mass is 31.2. The molecule has 0 bridgehead atoms. The summed E-state index contributed by atoms with van der Waals surface area (Å²) < 4.78 is 68.5. The number of halogens is 4. The van der Waals surface area contributed by atoms with Gasteiger partial charge in [0.15, 0.2) is 6.10 Å². The van der Waals surface area contributed by atoms with Crippen LogP contribution in [0.4, 0.5) is 17.6 Å². The number of hydrogen-bond donors (Lipinski definition) is 0. The fraction of sp³-hybridized carbons (Fsp3) is 1.00. The molecule has 0 heterocycles. The van der Waals surface area contributed by atoms with Crippen LogP contribution in [-0.2, 0) is 9.09 Å². The summed E-state index contributed by atoms with van der Waals surface area (Å²) in [6.45, 7) is 1.72. The lowest BCUT2D eigenvalue weighted by Gasteiger charge is -2.37. The summed E-state index contributed by atoms with van der Waals surface area (Å²) in [5.74, 6) is -1.42. The zero-order chi connectivity index (χ0) is 15.4. The second-order valence-corrected chi connectivity index (χ2v) is 7.10. The Morgan fingerprint density at radius 3 is 2.45 bits per heavy atom. The Balaban J connectivity index is 2.82. The highest BCUT2D eigenvalue weighted by molar-refractivity contribution is 7.51. The molecule has 1 aliphatic rings. The quantitative estimate of drug-likeness (QED) is 0.552. The predicted molar refractivity (Wildman–Crippen MR) is 65.2 cm³/mol. The minimum Gasteiger partial charge on any atom is -0.778 e. The van der Waals surface area contributed by atoms with E-state index in [1.165, 1.54) is 0 Å². The molecule has 120 valence electrons. The van der Waals surface area contributed by atoms with E-state index in [4.69, 9.17) is 0 Å². The fourth-order valence-electron chi connectivity index (χ4n) is 2.41. The van der Waals surface area contributed by atoms with Crippen molar-refractivity contribution in [2.45, 2.75) is 63.9 Å². The van der Waals surface area contributed by atoms with E-state index in [-0.39, 0.29) is 19.3 Å². The molecule has 1 saturated carbocycles. The average molecular weight is 319 g/mol. The van der Waals surface area contributed by atoms with Crippen molar-refractivity contribution in [2.24, 2.45) is 5.92 Å². The van der Waals surface area contributed by atoms with E-state index in [9.17, 15) is 27.0 Å². The van der Waals surface area contributed by atoms with Crippen LogP contribution in [-0.4, -0.2) is 24.6 Å². The van der Waals surface area contributed by atoms with Crippen LogP contribution in [0.1, 0.15) is 45.4 Å². The molecule has 0 radical (unpaired) electrons. The molecule has 1 aliphatic carbocycles. The van der Waals surface area contributed by atoms with Crippen molar-refractivity contribution in [2.75, 3.05) is 6.16 Å². The summed E-state index contributed by atoms with van der Waals surface area (Å²) in [4.78, 5) is 11.6. The van der Waals surface area contributed by atoms with Crippen LogP contribution in [0, 0.1) is 5.92 Å². The summed E-state index contributed by atoms with van der Waals surface area (Å²) in [7, 11) is -4.59. The SMILES string of the molecule is CCCCP(=O)([O-])OC(C1CCCCC1F)C(F)(F)F. The zero-order valence-electron chi connectivity index (χ0n) is 11.4. The van der Waals surface area contributed by atoms with Gasteiger partial charge < -0.3 is 14.0 Å². The molecule has 0 aromatic rings. The molecular formula is C12H20F4O3P-. The van der Waals surface area contributed by atoms with Gasteiger partial charge >= 0.3 is 6.18 Å². The molecular weight excluding hydrogens is 299 g/mol. The normalized spacial score (nSPS) is 28.9. The summed E-state index contributed by atoms with van der Waals surface area (Å²) >= 11 is 0. The van der Waals surface area contributed by atoms with Crippen LogP contribution < -0.4 is 4.89 Å². The lowest BCUT2D eigenvalue weighted by molar-refractivity contribution is -0.253. The van der Waals surface area contributed by atoms with E-state index >= 15 is 0 Å². The summed E-state index contributed by atoms with van der Waals surface area (Å²) in [6.07, 6.45) is -7.78. The molecule has 4 unspecified atom stereocenters. The molecule has 0 aliphatic heterocycles. The maximum Gasteiger partial charge on any atom is 0.415 e. The maximum atomic E-state index is 13.7. The van der Waals surface area contributed by atoms with Crippen molar-refractivity contribution in [3.63, 3.8) is 0 Å². The molecule has 0 spiro atoms. The maximum absolute atomic E-state index is 13.7. The highest BCUT2D eigenvalue weighted by Crippen LogP contribution is 2.47. The molecule has 1 rings (SSSR count). The third-order valence-electron chi connectivity index (χ3n) is 3.50. The Labute approximate surface area is 116 Å².